The molecule has 0 spiro atoms. The van der Waals surface area contributed by atoms with Gasteiger partial charge in [0.05, 0.1) is 36.5 Å². The van der Waals surface area contributed by atoms with Gasteiger partial charge < -0.3 is 9.64 Å². The van der Waals surface area contributed by atoms with Crippen molar-refractivity contribution in [2.45, 2.75) is 39.0 Å². The van der Waals surface area contributed by atoms with E-state index < -0.39 is 16.1 Å². The Balaban J connectivity index is 1.76. The Morgan fingerprint density at radius 2 is 1.97 bits per heavy atom. The van der Waals surface area contributed by atoms with Crippen LogP contribution in [0.15, 0.2) is 18.3 Å². The Morgan fingerprint density at radius 1 is 1.23 bits per heavy atom. The minimum atomic E-state index is -3.23. The summed E-state index contributed by atoms with van der Waals surface area (Å²) in [5.74, 6) is 0.617. The number of carbonyl (C=O) groups is 2. The number of fused-ring (bicyclic) bond motifs is 1. The molecule has 2 saturated heterocycles. The number of aromatic nitrogens is 1. The van der Waals surface area contributed by atoms with Crippen molar-refractivity contribution in [2.75, 3.05) is 49.3 Å². The van der Waals surface area contributed by atoms with Crippen LogP contribution in [0.1, 0.15) is 39.2 Å². The van der Waals surface area contributed by atoms with E-state index in [-0.39, 0.29) is 30.2 Å². The Morgan fingerprint density at radius 3 is 2.60 bits per heavy atom. The summed E-state index contributed by atoms with van der Waals surface area (Å²) in [6, 6.07) is 3.50. The van der Waals surface area contributed by atoms with Crippen molar-refractivity contribution in [2.24, 2.45) is 5.92 Å². The van der Waals surface area contributed by atoms with Crippen molar-refractivity contribution < 1.29 is 22.7 Å². The first kappa shape index (κ1) is 25.2. The number of nitrogens with one attached hydrogen (secondary N) is 2. The van der Waals surface area contributed by atoms with Gasteiger partial charge in [0.15, 0.2) is 0 Å². The molecule has 1 atom stereocenters. The maximum absolute atomic E-state index is 12.7. The predicted octanol–water partition coefficient (Wildman–Crippen LogP) is 2.36. The average molecular weight is 504 g/mol. The number of ether oxygens (including phenoxy) is 1. The van der Waals surface area contributed by atoms with Crippen LogP contribution in [-0.2, 0) is 20.2 Å². The first-order valence-electron chi connectivity index (χ1n) is 11.7. The molecule has 2 fully saturated rings. The molecule has 2 N–H and O–H groups in total. The summed E-state index contributed by atoms with van der Waals surface area (Å²) >= 11 is 0. The number of anilines is 2. The molecule has 1 aromatic carbocycles. The lowest BCUT2D eigenvalue weighted by Crippen LogP contribution is -2.49. The third-order valence-corrected chi connectivity index (χ3v) is 7.22. The highest BCUT2D eigenvalue weighted by Gasteiger charge is 2.31. The predicted molar refractivity (Wildman–Crippen MR) is 136 cm³/mol. The normalized spacial score (nSPS) is 19.4. The van der Waals surface area contributed by atoms with Crippen LogP contribution in [0, 0.1) is 5.92 Å². The van der Waals surface area contributed by atoms with E-state index in [1.807, 2.05) is 12.1 Å². The fourth-order valence-corrected chi connectivity index (χ4v) is 5.24. The summed E-state index contributed by atoms with van der Waals surface area (Å²) in [5.41, 5.74) is 2.83. The second-order valence-corrected chi connectivity index (χ2v) is 12.1. The average Bonchev–Trinajstić information content (AvgIpc) is 3.24. The number of urea groups is 1. The molecule has 0 aliphatic carbocycles. The second kappa shape index (κ2) is 9.27. The summed E-state index contributed by atoms with van der Waals surface area (Å²) in [6.07, 6.45) is 4.04. The molecule has 11 heteroatoms. The molecule has 2 aliphatic heterocycles. The van der Waals surface area contributed by atoms with Crippen molar-refractivity contribution in [3.8, 4) is 5.75 Å². The highest BCUT2D eigenvalue weighted by Crippen LogP contribution is 2.43. The fraction of sp³-hybridized carbons (Fsp3) is 0.542. The molecular weight excluding hydrogens is 470 g/mol. The standard InChI is InChI=1S/C24H33N5O5S/c1-24(2,3)18-11-19(29-9-7-20(30)27-23(29)31)21-17(22(18)34-4)10-16(13-25-21)28-8-6-15(14-28)12-26-35(5,32)33/h10-11,13,15,26H,6-9,12,14H2,1-5H3,(H,27,30,31)/t15-/m1/s1. The van der Waals surface area contributed by atoms with Crippen molar-refractivity contribution in [1.29, 1.82) is 0 Å². The van der Waals surface area contributed by atoms with E-state index in [1.54, 1.807) is 18.2 Å². The first-order chi connectivity index (χ1) is 16.4. The van der Waals surface area contributed by atoms with Crippen LogP contribution in [0.4, 0.5) is 16.2 Å². The number of imide groups is 1. The molecule has 10 nitrogen and oxygen atoms in total. The largest absolute Gasteiger partial charge is 0.496 e. The van der Waals surface area contributed by atoms with E-state index >= 15 is 0 Å². The number of benzene rings is 1. The van der Waals surface area contributed by atoms with E-state index in [2.05, 4.69) is 35.7 Å². The van der Waals surface area contributed by atoms with E-state index in [0.29, 0.717) is 30.0 Å². The second-order valence-electron chi connectivity index (χ2n) is 10.3. The van der Waals surface area contributed by atoms with Crippen molar-refractivity contribution in [1.82, 2.24) is 15.0 Å². The zero-order chi connectivity index (χ0) is 25.5. The van der Waals surface area contributed by atoms with E-state index in [1.165, 1.54) is 6.26 Å². The molecule has 0 saturated carbocycles. The van der Waals surface area contributed by atoms with Gasteiger partial charge in [-0.1, -0.05) is 20.8 Å². The Bertz CT molecular complexity index is 1270. The minimum Gasteiger partial charge on any atom is -0.496 e. The highest BCUT2D eigenvalue weighted by atomic mass is 32.2. The molecule has 4 rings (SSSR count). The molecule has 0 bridgehead atoms. The van der Waals surface area contributed by atoms with Crippen LogP contribution < -0.4 is 24.6 Å². The summed E-state index contributed by atoms with van der Waals surface area (Å²) in [5, 5.41) is 3.18. The number of amides is 3. The molecule has 190 valence electrons. The van der Waals surface area contributed by atoms with Crippen LogP contribution in [-0.4, -0.2) is 64.9 Å². The number of hydrogen-bond acceptors (Lipinski definition) is 7. The minimum absolute atomic E-state index is 0.202. The molecule has 3 heterocycles. The smallest absolute Gasteiger partial charge is 0.328 e. The molecule has 2 aliphatic rings. The van der Waals surface area contributed by atoms with Gasteiger partial charge in [-0.25, -0.2) is 17.9 Å². The molecule has 35 heavy (non-hydrogen) atoms. The lowest BCUT2D eigenvalue weighted by Gasteiger charge is -2.31. The van der Waals surface area contributed by atoms with E-state index in [4.69, 9.17) is 9.72 Å². The van der Waals surface area contributed by atoms with E-state index in [0.717, 1.165) is 29.6 Å². The third kappa shape index (κ3) is 5.35. The van der Waals surface area contributed by atoms with Gasteiger partial charge >= 0.3 is 6.03 Å². The van der Waals surface area contributed by atoms with Crippen LogP contribution in [0.3, 0.4) is 0 Å². The lowest BCUT2D eigenvalue weighted by molar-refractivity contribution is -0.120. The van der Waals surface area contributed by atoms with Crippen LogP contribution in [0.25, 0.3) is 10.9 Å². The van der Waals surface area contributed by atoms with Gasteiger partial charge in [-0.15, -0.1) is 0 Å². The maximum Gasteiger partial charge on any atom is 0.328 e. The Labute approximate surface area is 206 Å². The molecule has 0 unspecified atom stereocenters. The van der Waals surface area contributed by atoms with Crippen LogP contribution >= 0.6 is 0 Å². The first-order valence-corrected chi connectivity index (χ1v) is 13.6. The number of methoxy groups -OCH3 is 1. The summed E-state index contributed by atoms with van der Waals surface area (Å²) in [4.78, 5) is 32.9. The highest BCUT2D eigenvalue weighted by molar-refractivity contribution is 7.88. The van der Waals surface area contributed by atoms with Crippen molar-refractivity contribution in [3.05, 3.63) is 23.9 Å². The van der Waals surface area contributed by atoms with Crippen molar-refractivity contribution >= 4 is 44.2 Å². The number of pyridine rings is 1. The number of carbonyl (C=O) groups excluding carboxylic acids is 2. The SMILES string of the molecule is COc1c(C(C)(C)C)cc(N2CCC(=O)NC2=O)c2ncc(N3CC[C@H](CNS(C)(=O)=O)C3)cc12. The van der Waals surface area contributed by atoms with Gasteiger partial charge in [0.1, 0.15) is 5.75 Å². The van der Waals surface area contributed by atoms with Gasteiger partial charge in [0.2, 0.25) is 15.9 Å². The van der Waals surface area contributed by atoms with Gasteiger partial charge in [-0.3, -0.25) is 20.0 Å². The van der Waals surface area contributed by atoms with E-state index in [9.17, 15) is 18.0 Å². The monoisotopic (exact) mass is 503 g/mol. The molecule has 2 aromatic rings. The summed E-state index contributed by atoms with van der Waals surface area (Å²) < 4.78 is 31.4. The van der Waals surface area contributed by atoms with Crippen LogP contribution in [0.5, 0.6) is 5.75 Å². The lowest BCUT2D eigenvalue weighted by atomic mass is 9.84. The Kier molecular flexibility index (Phi) is 6.67. The molecule has 0 radical (unpaired) electrons. The van der Waals surface area contributed by atoms with Gasteiger partial charge in [-0.2, -0.15) is 0 Å². The Hall–Kier alpha value is -2.92. The zero-order valence-electron chi connectivity index (χ0n) is 20.8. The van der Waals surface area contributed by atoms with Gasteiger partial charge in [-0.05, 0) is 29.9 Å². The zero-order valence-corrected chi connectivity index (χ0v) is 21.7. The number of sulfonamides is 1. The quantitative estimate of drug-likeness (QED) is 0.621. The van der Waals surface area contributed by atoms with Gasteiger partial charge in [0, 0.05) is 43.5 Å². The summed E-state index contributed by atoms with van der Waals surface area (Å²) in [6.45, 7) is 8.42. The molecule has 1 aromatic heterocycles. The number of rotatable bonds is 6. The fourth-order valence-electron chi connectivity index (χ4n) is 4.70. The van der Waals surface area contributed by atoms with Gasteiger partial charge in [0.25, 0.3) is 0 Å². The van der Waals surface area contributed by atoms with Crippen molar-refractivity contribution in [3.63, 3.8) is 0 Å². The van der Waals surface area contributed by atoms with Crippen LogP contribution in [0.2, 0.25) is 0 Å². The summed E-state index contributed by atoms with van der Waals surface area (Å²) in [7, 11) is -1.60. The topological polar surface area (TPSA) is 121 Å². The maximum atomic E-state index is 12.7. The number of nitrogens with zero attached hydrogens (tertiary/aromatic N) is 3. The number of hydrogen-bond donors (Lipinski definition) is 2. The molecular formula is C24H33N5O5S. The molecule has 3 amide bonds. The third-order valence-electron chi connectivity index (χ3n) is 6.53.